The Kier molecular flexibility index (Phi) is 11.7. The third-order valence-electron chi connectivity index (χ3n) is 1.25. The lowest BCUT2D eigenvalue weighted by Crippen LogP contribution is -2.11. The summed E-state index contributed by atoms with van der Waals surface area (Å²) in [6, 6.07) is 0.530. The van der Waals surface area contributed by atoms with Crippen LogP contribution in [0.4, 0.5) is 0 Å². The van der Waals surface area contributed by atoms with E-state index < -0.39 is 11.9 Å². The number of nitrogens with two attached hydrogens (primary N) is 1. The van der Waals surface area contributed by atoms with Crippen molar-refractivity contribution >= 4 is 24.8 Å². The number of primary amides is 1. The van der Waals surface area contributed by atoms with Gasteiger partial charge in [-0.2, -0.15) is 0 Å². The first-order chi connectivity index (χ1) is 7.97. The van der Waals surface area contributed by atoms with Gasteiger partial charge in [-0.3, -0.25) is 9.59 Å². The molecular weight excluding hydrogens is 232 g/mol. The molecule has 0 saturated heterocycles. The van der Waals surface area contributed by atoms with Gasteiger partial charge in [0.25, 0.3) is 0 Å². The predicted molar refractivity (Wildman–Crippen MR) is 56.9 cm³/mol. The number of carbonyl (C=O) groups is 4. The normalized spacial score (nSPS) is 12.2. The summed E-state index contributed by atoms with van der Waals surface area (Å²) < 4.78 is 0. The molecule has 8 heteroatoms. The van der Waals surface area contributed by atoms with Crippen LogP contribution in [-0.4, -0.2) is 41.0 Å². The number of amides is 2. The molecule has 96 valence electrons. The monoisotopic (exact) mass is 246 g/mol. The smallest absolute Gasteiger partial charge is 0.328 e. The van der Waals surface area contributed by atoms with E-state index in [9.17, 15) is 14.4 Å². The molecule has 0 atom stereocenters. The van der Waals surface area contributed by atoms with E-state index in [4.69, 9.17) is 15.0 Å². The highest BCUT2D eigenvalue weighted by Crippen LogP contribution is 2.17. The van der Waals surface area contributed by atoms with Crippen LogP contribution in [-0.2, 0) is 19.2 Å². The van der Waals surface area contributed by atoms with E-state index in [1.165, 1.54) is 12.8 Å². The maximum Gasteiger partial charge on any atom is 0.328 e. The minimum absolute atomic E-state index is 0.250. The van der Waals surface area contributed by atoms with Crippen molar-refractivity contribution in [2.45, 2.75) is 18.9 Å². The minimum atomic E-state index is -1.26. The summed E-state index contributed by atoms with van der Waals surface area (Å²) in [6.45, 7) is 0. The van der Waals surface area contributed by atoms with E-state index in [2.05, 4.69) is 11.1 Å². The van der Waals surface area contributed by atoms with Crippen molar-refractivity contribution in [2.75, 3.05) is 0 Å². The zero-order valence-corrected chi connectivity index (χ0v) is 8.91. The Balaban J connectivity index is 0. The Morgan fingerprint density at radius 1 is 1.12 bits per heavy atom. The van der Waals surface area contributed by atoms with Gasteiger partial charge < -0.3 is 21.3 Å². The summed E-state index contributed by atoms with van der Waals surface area (Å²) in [4.78, 5) is 37.2. The summed E-state index contributed by atoms with van der Waals surface area (Å²) in [6.07, 6.45) is 4.49. The predicted octanol–water partition coefficient (Wildman–Crippen LogP) is -1.29. The molecule has 0 unspecified atom stereocenters. The van der Waals surface area contributed by atoms with Crippen LogP contribution in [0.25, 0.3) is 0 Å². The molecule has 0 aliphatic heterocycles. The Morgan fingerprint density at radius 2 is 1.47 bits per heavy atom. The quantitative estimate of drug-likeness (QED) is 0.358. The highest BCUT2D eigenvalue weighted by atomic mass is 16.4. The van der Waals surface area contributed by atoms with Gasteiger partial charge in [-0.25, -0.2) is 9.59 Å². The number of rotatable bonds is 4. The van der Waals surface area contributed by atoms with E-state index in [-0.39, 0.29) is 6.41 Å². The average Bonchev–Trinajstić information content (AvgIpc) is 3.01. The zero-order chi connectivity index (χ0) is 13.7. The topological polar surface area (TPSA) is 147 Å². The average molecular weight is 246 g/mol. The lowest BCUT2D eigenvalue weighted by molar-refractivity contribution is -0.134. The Hall–Kier alpha value is -2.38. The summed E-state index contributed by atoms with van der Waals surface area (Å²) in [7, 11) is 0. The zero-order valence-electron chi connectivity index (χ0n) is 8.91. The molecule has 2 amide bonds. The second-order valence-corrected chi connectivity index (χ2v) is 2.70. The van der Waals surface area contributed by atoms with Gasteiger partial charge in [-0.1, -0.05) is 0 Å². The second kappa shape index (κ2) is 11.7. The van der Waals surface area contributed by atoms with Crippen molar-refractivity contribution in [3.63, 3.8) is 0 Å². The molecule has 1 aliphatic carbocycles. The molecule has 1 rings (SSSR count). The fraction of sp³-hybridized carbons (Fsp3) is 0.333. The first kappa shape index (κ1) is 17.0. The van der Waals surface area contributed by atoms with Crippen molar-refractivity contribution in [3.05, 3.63) is 12.2 Å². The van der Waals surface area contributed by atoms with Gasteiger partial charge in [0.1, 0.15) is 0 Å². The van der Waals surface area contributed by atoms with Crippen molar-refractivity contribution in [1.29, 1.82) is 0 Å². The molecule has 0 spiro atoms. The molecule has 0 radical (unpaired) electrons. The Morgan fingerprint density at radius 3 is 1.59 bits per heavy atom. The molecule has 1 fully saturated rings. The first-order valence-corrected chi connectivity index (χ1v) is 4.46. The molecule has 1 aliphatic rings. The third-order valence-corrected chi connectivity index (χ3v) is 1.25. The number of hydrogen-bond donors (Lipinski definition) is 4. The van der Waals surface area contributed by atoms with Crippen LogP contribution in [0.3, 0.4) is 0 Å². The molecular formula is C9H14N2O6. The lowest BCUT2D eigenvalue weighted by Gasteiger charge is -1.82. The highest BCUT2D eigenvalue weighted by molar-refractivity contribution is 5.89. The maximum atomic E-state index is 9.55. The van der Waals surface area contributed by atoms with E-state index in [1.54, 1.807) is 0 Å². The summed E-state index contributed by atoms with van der Waals surface area (Å²) in [5.74, 6) is -2.51. The van der Waals surface area contributed by atoms with Crippen molar-refractivity contribution < 1.29 is 29.4 Å². The van der Waals surface area contributed by atoms with Gasteiger partial charge >= 0.3 is 11.9 Å². The van der Waals surface area contributed by atoms with E-state index in [1.807, 2.05) is 0 Å². The molecule has 0 aromatic carbocycles. The summed E-state index contributed by atoms with van der Waals surface area (Å²) in [5.41, 5.74) is 4.17. The summed E-state index contributed by atoms with van der Waals surface area (Å²) >= 11 is 0. The van der Waals surface area contributed by atoms with Crippen LogP contribution >= 0.6 is 0 Å². The van der Waals surface area contributed by atoms with E-state index in [0.29, 0.717) is 18.2 Å². The second-order valence-electron chi connectivity index (χ2n) is 2.70. The Labute approximate surface area is 97.1 Å². The van der Waals surface area contributed by atoms with Crippen molar-refractivity contribution in [2.24, 2.45) is 5.73 Å². The molecule has 8 nitrogen and oxygen atoms in total. The largest absolute Gasteiger partial charge is 0.478 e. The minimum Gasteiger partial charge on any atom is -0.478 e. The Bertz CT molecular complexity index is 269. The van der Waals surface area contributed by atoms with Gasteiger partial charge in [0.05, 0.1) is 0 Å². The maximum absolute atomic E-state index is 9.55. The molecule has 0 aromatic rings. The molecule has 0 bridgehead atoms. The number of hydrogen-bond acceptors (Lipinski definition) is 4. The van der Waals surface area contributed by atoms with Crippen LogP contribution < -0.4 is 11.1 Å². The first-order valence-electron chi connectivity index (χ1n) is 4.46. The molecule has 1 saturated carbocycles. The van der Waals surface area contributed by atoms with Crippen LogP contribution in [0.1, 0.15) is 12.8 Å². The molecule has 0 heterocycles. The third kappa shape index (κ3) is 24.7. The van der Waals surface area contributed by atoms with Gasteiger partial charge in [0.2, 0.25) is 12.8 Å². The van der Waals surface area contributed by atoms with Crippen LogP contribution in [0, 0.1) is 0 Å². The molecule has 0 aromatic heterocycles. The van der Waals surface area contributed by atoms with Crippen LogP contribution in [0.2, 0.25) is 0 Å². The lowest BCUT2D eigenvalue weighted by atomic mass is 10.5. The SMILES string of the molecule is NC=O.O=C(O)/C=C/C(=O)O.O=CNC1CC1. The van der Waals surface area contributed by atoms with Gasteiger partial charge in [-0.15, -0.1) is 0 Å². The number of carbonyl (C=O) groups excluding carboxylic acids is 2. The molecule has 17 heavy (non-hydrogen) atoms. The summed E-state index contributed by atoms with van der Waals surface area (Å²) in [5, 5.41) is 18.3. The van der Waals surface area contributed by atoms with Crippen molar-refractivity contribution in [1.82, 2.24) is 5.32 Å². The fourth-order valence-electron chi connectivity index (χ4n) is 0.489. The van der Waals surface area contributed by atoms with Crippen LogP contribution in [0.5, 0.6) is 0 Å². The highest BCUT2D eigenvalue weighted by Gasteiger charge is 2.18. The molecule has 5 N–H and O–H groups in total. The van der Waals surface area contributed by atoms with Gasteiger partial charge in [0, 0.05) is 18.2 Å². The number of aliphatic carboxylic acids is 2. The standard InChI is InChI=1S/C4H7NO.C4H4O4.CH3NO/c6-3-5-4-1-2-4;5-3(6)1-2-4(7)8;2-1-3/h3-4H,1-2H2,(H,5,6);1-2H,(H,5,6)(H,7,8);1H,(H2,2,3)/b;2-1+;. The number of carboxylic acids is 2. The van der Waals surface area contributed by atoms with Crippen molar-refractivity contribution in [3.8, 4) is 0 Å². The number of nitrogens with one attached hydrogen (secondary N) is 1. The van der Waals surface area contributed by atoms with Gasteiger partial charge in [0.15, 0.2) is 0 Å². The van der Waals surface area contributed by atoms with Gasteiger partial charge in [-0.05, 0) is 12.8 Å². The van der Waals surface area contributed by atoms with Crippen LogP contribution in [0.15, 0.2) is 12.2 Å². The number of carboxylic acid groups (broad SMARTS) is 2. The fourth-order valence-corrected chi connectivity index (χ4v) is 0.489. The van der Waals surface area contributed by atoms with E-state index >= 15 is 0 Å². The van der Waals surface area contributed by atoms with E-state index in [0.717, 1.165) is 6.41 Å².